The van der Waals surface area contributed by atoms with Crippen LogP contribution in [0.25, 0.3) is 11.5 Å². The maximum Gasteiger partial charge on any atom is 0.274 e. The Hall–Kier alpha value is -2.08. The van der Waals surface area contributed by atoms with Crippen molar-refractivity contribution in [3.63, 3.8) is 0 Å². The van der Waals surface area contributed by atoms with Gasteiger partial charge in [-0.25, -0.2) is 0 Å². The second-order valence-electron chi connectivity index (χ2n) is 6.00. The lowest BCUT2D eigenvalue weighted by molar-refractivity contribution is 0.0577. The molecule has 0 aromatic carbocycles. The number of amides is 1. The number of rotatable bonds is 3. The van der Waals surface area contributed by atoms with Gasteiger partial charge in [-0.1, -0.05) is 0 Å². The lowest BCUT2D eigenvalue weighted by Gasteiger charge is -2.37. The van der Waals surface area contributed by atoms with Gasteiger partial charge in [0.15, 0.2) is 11.5 Å². The molecule has 3 heterocycles. The predicted molar refractivity (Wildman–Crippen MR) is 83.4 cm³/mol. The van der Waals surface area contributed by atoms with E-state index in [0.717, 1.165) is 31.6 Å². The number of aryl methyl sites for hydroxylation is 1. The number of nitrogens with zero attached hydrogens (tertiary/aromatic N) is 2. The fourth-order valence-corrected chi connectivity index (χ4v) is 3.04. The quantitative estimate of drug-likeness (QED) is 0.910. The molecule has 3 N–H and O–H groups in total. The van der Waals surface area contributed by atoms with Crippen LogP contribution >= 0.6 is 0 Å². The number of carbonyl (C=O) groups is 1. The summed E-state index contributed by atoms with van der Waals surface area (Å²) in [5.41, 5.74) is 7.16. The molecule has 118 valence electrons. The molecule has 0 bridgehead atoms. The molecule has 6 nitrogen and oxygen atoms in total. The minimum absolute atomic E-state index is 0.0321. The maximum absolute atomic E-state index is 12.7. The summed E-state index contributed by atoms with van der Waals surface area (Å²) in [6, 6.07) is 5.55. The van der Waals surface area contributed by atoms with Crippen molar-refractivity contribution < 1.29 is 9.21 Å². The third-order valence-corrected chi connectivity index (χ3v) is 4.22. The van der Waals surface area contributed by atoms with E-state index in [1.165, 1.54) is 0 Å². The van der Waals surface area contributed by atoms with Gasteiger partial charge >= 0.3 is 0 Å². The molecule has 0 radical (unpaired) electrons. The maximum atomic E-state index is 12.7. The van der Waals surface area contributed by atoms with Crippen LogP contribution in [0.1, 0.15) is 42.4 Å². The van der Waals surface area contributed by atoms with E-state index in [-0.39, 0.29) is 18.0 Å². The zero-order valence-corrected chi connectivity index (χ0v) is 13.0. The van der Waals surface area contributed by atoms with E-state index in [9.17, 15) is 4.79 Å². The Bertz CT molecular complexity index is 659. The molecule has 3 rings (SSSR count). The van der Waals surface area contributed by atoms with Crippen molar-refractivity contribution in [3.8, 4) is 11.5 Å². The molecule has 0 saturated carbocycles. The summed E-state index contributed by atoms with van der Waals surface area (Å²) in [6.07, 6.45) is 3.09. The summed E-state index contributed by atoms with van der Waals surface area (Å²) in [6.45, 7) is 4.58. The van der Waals surface area contributed by atoms with Gasteiger partial charge in [-0.2, -0.15) is 5.10 Å². The Labute approximate surface area is 129 Å². The molecule has 1 fully saturated rings. The first-order chi connectivity index (χ1) is 10.6. The molecule has 1 amide bonds. The van der Waals surface area contributed by atoms with Crippen LogP contribution in [-0.2, 0) is 0 Å². The van der Waals surface area contributed by atoms with E-state index in [2.05, 4.69) is 10.2 Å². The number of carbonyl (C=O) groups excluding carboxylic acids is 1. The Kier molecular flexibility index (Phi) is 4.02. The van der Waals surface area contributed by atoms with Crippen molar-refractivity contribution in [2.75, 3.05) is 6.54 Å². The average Bonchev–Trinajstić information content (AvgIpc) is 3.15. The summed E-state index contributed by atoms with van der Waals surface area (Å²) in [5.74, 6) is 1.45. The molecule has 1 aliphatic rings. The standard InChI is InChI=1S/C16H22N4O2/c1-10-6-7-15(22-10)12-9-13(19-18-12)16(21)20-8-4-3-5-14(20)11(2)17/h6-7,9,11,14H,3-5,8,17H2,1-2H3,(H,18,19). The van der Waals surface area contributed by atoms with Gasteiger partial charge < -0.3 is 15.1 Å². The van der Waals surface area contributed by atoms with Gasteiger partial charge in [-0.15, -0.1) is 0 Å². The number of hydrogen-bond donors (Lipinski definition) is 2. The van der Waals surface area contributed by atoms with Crippen LogP contribution in [0.5, 0.6) is 0 Å². The van der Waals surface area contributed by atoms with E-state index in [4.69, 9.17) is 10.2 Å². The first-order valence-corrected chi connectivity index (χ1v) is 7.75. The zero-order chi connectivity index (χ0) is 15.7. The van der Waals surface area contributed by atoms with Gasteiger partial charge in [0.05, 0.1) is 0 Å². The second kappa shape index (κ2) is 5.96. The summed E-state index contributed by atoms with van der Waals surface area (Å²) in [7, 11) is 0. The minimum Gasteiger partial charge on any atom is -0.460 e. The van der Waals surface area contributed by atoms with E-state index in [0.29, 0.717) is 17.1 Å². The van der Waals surface area contributed by atoms with Crippen LogP contribution in [0.2, 0.25) is 0 Å². The summed E-state index contributed by atoms with van der Waals surface area (Å²) < 4.78 is 5.55. The van der Waals surface area contributed by atoms with Gasteiger partial charge in [-0.3, -0.25) is 9.89 Å². The summed E-state index contributed by atoms with van der Waals surface area (Å²) in [5, 5.41) is 7.03. The molecule has 1 saturated heterocycles. The van der Waals surface area contributed by atoms with Gasteiger partial charge in [0.1, 0.15) is 11.5 Å². The van der Waals surface area contributed by atoms with Crippen LogP contribution in [0.3, 0.4) is 0 Å². The lowest BCUT2D eigenvalue weighted by Crippen LogP contribution is -2.51. The normalized spacial score (nSPS) is 20.1. The number of likely N-dealkylation sites (tertiary alicyclic amines) is 1. The third kappa shape index (κ3) is 2.78. The van der Waals surface area contributed by atoms with Crippen molar-refractivity contribution in [2.24, 2.45) is 5.73 Å². The number of H-pyrrole nitrogens is 1. The smallest absolute Gasteiger partial charge is 0.274 e. The molecule has 1 aliphatic heterocycles. The van der Waals surface area contributed by atoms with E-state index >= 15 is 0 Å². The monoisotopic (exact) mass is 302 g/mol. The number of aromatic amines is 1. The Morgan fingerprint density at radius 3 is 3.00 bits per heavy atom. The van der Waals surface area contributed by atoms with E-state index in [1.807, 2.05) is 30.9 Å². The van der Waals surface area contributed by atoms with Crippen molar-refractivity contribution >= 4 is 5.91 Å². The Morgan fingerprint density at radius 1 is 1.50 bits per heavy atom. The molecule has 2 aromatic rings. The number of nitrogens with one attached hydrogen (secondary N) is 1. The highest BCUT2D eigenvalue weighted by Crippen LogP contribution is 2.24. The molecule has 2 unspecified atom stereocenters. The topological polar surface area (TPSA) is 88.1 Å². The molecule has 22 heavy (non-hydrogen) atoms. The van der Waals surface area contributed by atoms with Gasteiger partial charge in [-0.05, 0) is 45.2 Å². The molecular weight excluding hydrogens is 280 g/mol. The minimum atomic E-state index is -0.0622. The van der Waals surface area contributed by atoms with Crippen LogP contribution < -0.4 is 5.73 Å². The number of piperidine rings is 1. The summed E-state index contributed by atoms with van der Waals surface area (Å²) in [4.78, 5) is 14.6. The lowest BCUT2D eigenvalue weighted by atomic mass is 9.96. The van der Waals surface area contributed by atoms with Crippen LogP contribution in [-0.4, -0.2) is 39.6 Å². The highest BCUT2D eigenvalue weighted by atomic mass is 16.3. The first kappa shape index (κ1) is 14.8. The average molecular weight is 302 g/mol. The van der Waals surface area contributed by atoms with Crippen LogP contribution in [0, 0.1) is 6.92 Å². The zero-order valence-electron chi connectivity index (χ0n) is 13.0. The molecule has 0 spiro atoms. The third-order valence-electron chi connectivity index (χ3n) is 4.22. The number of nitrogens with two attached hydrogens (primary N) is 1. The SMILES string of the molecule is Cc1ccc(-c2cc(C(=O)N3CCCCC3C(C)N)n[nH]2)o1. The van der Waals surface area contributed by atoms with Crippen molar-refractivity contribution in [1.82, 2.24) is 15.1 Å². The molecule has 2 aromatic heterocycles. The number of aromatic nitrogens is 2. The van der Waals surface area contributed by atoms with Crippen molar-refractivity contribution in [3.05, 3.63) is 29.7 Å². The molecule has 2 atom stereocenters. The fourth-order valence-electron chi connectivity index (χ4n) is 3.04. The Balaban J connectivity index is 1.81. The van der Waals surface area contributed by atoms with Gasteiger partial charge in [0, 0.05) is 24.7 Å². The first-order valence-electron chi connectivity index (χ1n) is 7.75. The van der Waals surface area contributed by atoms with Gasteiger partial charge in [0.2, 0.25) is 0 Å². The van der Waals surface area contributed by atoms with E-state index in [1.54, 1.807) is 6.07 Å². The highest BCUT2D eigenvalue weighted by Gasteiger charge is 2.31. The largest absolute Gasteiger partial charge is 0.460 e. The number of hydrogen-bond acceptors (Lipinski definition) is 4. The molecule has 0 aliphatic carbocycles. The van der Waals surface area contributed by atoms with Crippen molar-refractivity contribution in [1.29, 1.82) is 0 Å². The van der Waals surface area contributed by atoms with Crippen LogP contribution in [0.4, 0.5) is 0 Å². The Morgan fingerprint density at radius 2 is 2.32 bits per heavy atom. The fraction of sp³-hybridized carbons (Fsp3) is 0.500. The summed E-state index contributed by atoms with van der Waals surface area (Å²) >= 11 is 0. The second-order valence-corrected chi connectivity index (χ2v) is 6.00. The van der Waals surface area contributed by atoms with Crippen molar-refractivity contribution in [2.45, 2.75) is 45.2 Å². The molecule has 6 heteroatoms. The number of furan rings is 1. The highest BCUT2D eigenvalue weighted by molar-refractivity contribution is 5.93. The van der Waals surface area contributed by atoms with E-state index < -0.39 is 0 Å². The predicted octanol–water partition coefficient (Wildman–Crippen LogP) is 2.32. The molecular formula is C16H22N4O2. The van der Waals surface area contributed by atoms with Crippen LogP contribution in [0.15, 0.2) is 22.6 Å². The van der Waals surface area contributed by atoms with Gasteiger partial charge in [0.25, 0.3) is 5.91 Å².